The molecule has 1 aromatic carbocycles. The lowest BCUT2D eigenvalue weighted by Gasteiger charge is -2.27. The van der Waals surface area contributed by atoms with Gasteiger partial charge in [0, 0.05) is 37.4 Å². The van der Waals surface area contributed by atoms with Crippen LogP contribution in [0.2, 0.25) is 5.02 Å². The molecule has 28 heavy (non-hydrogen) atoms. The van der Waals surface area contributed by atoms with E-state index in [1.165, 1.54) is 24.8 Å². The first-order valence-electron chi connectivity index (χ1n) is 9.71. The number of aliphatic imine (C=N–C) groups is 1. The van der Waals surface area contributed by atoms with Crippen molar-refractivity contribution in [2.45, 2.75) is 39.3 Å². The molecule has 2 aromatic rings. The minimum absolute atomic E-state index is 0. The lowest BCUT2D eigenvalue weighted by molar-refractivity contribution is 0.573. The molecule has 0 atom stereocenters. The normalized spacial score (nSPS) is 14.4. The lowest BCUT2D eigenvalue weighted by atomic mass is 10.1. The highest BCUT2D eigenvalue weighted by Crippen LogP contribution is 2.19. The van der Waals surface area contributed by atoms with Crippen molar-refractivity contribution in [1.29, 1.82) is 0 Å². The molecule has 2 heterocycles. The molecule has 7 heteroatoms. The Labute approximate surface area is 190 Å². The quantitative estimate of drug-likeness (QED) is 0.337. The van der Waals surface area contributed by atoms with Gasteiger partial charge in [-0.3, -0.25) is 0 Å². The standard InChI is InChI=1S/C21H28ClN5.HI/c1-2-23-21(26-16-18-8-4-5-9-19(18)22)25-15-17-10-11-24-20(14-17)27-12-6-3-7-13-27;/h4-5,8-11,14H,2-3,6-7,12-13,15-16H2,1H3,(H2,23,25,26);1H. The molecule has 0 aliphatic carbocycles. The molecule has 1 aromatic heterocycles. The van der Waals surface area contributed by atoms with E-state index in [0.717, 1.165) is 42.0 Å². The summed E-state index contributed by atoms with van der Waals surface area (Å²) in [6.45, 7) is 6.32. The molecule has 0 saturated carbocycles. The topological polar surface area (TPSA) is 52.6 Å². The number of rotatable bonds is 6. The number of anilines is 1. The molecule has 0 unspecified atom stereocenters. The van der Waals surface area contributed by atoms with Crippen LogP contribution in [0.4, 0.5) is 5.82 Å². The van der Waals surface area contributed by atoms with Crippen molar-refractivity contribution >= 4 is 47.4 Å². The van der Waals surface area contributed by atoms with Gasteiger partial charge in [0.05, 0.1) is 6.54 Å². The van der Waals surface area contributed by atoms with E-state index in [1.54, 1.807) is 0 Å². The smallest absolute Gasteiger partial charge is 0.191 e. The second-order valence-electron chi connectivity index (χ2n) is 6.71. The van der Waals surface area contributed by atoms with Gasteiger partial charge in [0.25, 0.3) is 0 Å². The number of hydrogen-bond donors (Lipinski definition) is 2. The van der Waals surface area contributed by atoms with Crippen LogP contribution in [0.1, 0.15) is 37.3 Å². The summed E-state index contributed by atoms with van der Waals surface area (Å²) < 4.78 is 0. The predicted molar refractivity (Wildman–Crippen MR) is 129 cm³/mol. The lowest BCUT2D eigenvalue weighted by Crippen LogP contribution is -2.36. The molecule has 1 fully saturated rings. The molecule has 0 amide bonds. The second kappa shape index (κ2) is 12.1. The molecule has 2 N–H and O–H groups in total. The van der Waals surface area contributed by atoms with Gasteiger partial charge in [0.15, 0.2) is 5.96 Å². The Kier molecular flexibility index (Phi) is 9.84. The summed E-state index contributed by atoms with van der Waals surface area (Å²) >= 11 is 6.24. The van der Waals surface area contributed by atoms with Crippen molar-refractivity contribution in [3.8, 4) is 0 Å². The van der Waals surface area contributed by atoms with Gasteiger partial charge < -0.3 is 15.5 Å². The van der Waals surface area contributed by atoms with Crippen molar-refractivity contribution in [2.75, 3.05) is 24.5 Å². The average Bonchev–Trinajstić information content (AvgIpc) is 2.72. The van der Waals surface area contributed by atoms with Crippen molar-refractivity contribution in [1.82, 2.24) is 15.6 Å². The third kappa shape index (κ3) is 6.81. The number of benzene rings is 1. The molecule has 0 radical (unpaired) electrons. The maximum atomic E-state index is 6.24. The summed E-state index contributed by atoms with van der Waals surface area (Å²) in [6, 6.07) is 12.1. The highest BCUT2D eigenvalue weighted by atomic mass is 127. The number of halogens is 2. The molecular weight excluding hydrogens is 485 g/mol. The van der Waals surface area contributed by atoms with Gasteiger partial charge in [-0.2, -0.15) is 0 Å². The van der Waals surface area contributed by atoms with Crippen molar-refractivity contribution in [2.24, 2.45) is 4.99 Å². The first-order valence-corrected chi connectivity index (χ1v) is 10.1. The summed E-state index contributed by atoms with van der Waals surface area (Å²) in [5, 5.41) is 7.41. The summed E-state index contributed by atoms with van der Waals surface area (Å²) in [7, 11) is 0. The molecule has 1 saturated heterocycles. The van der Waals surface area contributed by atoms with E-state index in [4.69, 9.17) is 16.6 Å². The molecule has 1 aliphatic rings. The molecule has 1 aliphatic heterocycles. The van der Waals surface area contributed by atoms with Crippen LogP contribution in [0, 0.1) is 0 Å². The molecule has 0 bridgehead atoms. The summed E-state index contributed by atoms with van der Waals surface area (Å²) in [5.41, 5.74) is 2.22. The Morgan fingerprint density at radius 3 is 2.68 bits per heavy atom. The number of hydrogen-bond acceptors (Lipinski definition) is 3. The van der Waals surface area contributed by atoms with Gasteiger partial charge >= 0.3 is 0 Å². The Morgan fingerprint density at radius 2 is 1.93 bits per heavy atom. The van der Waals surface area contributed by atoms with Gasteiger partial charge in [-0.1, -0.05) is 29.8 Å². The van der Waals surface area contributed by atoms with E-state index >= 15 is 0 Å². The summed E-state index contributed by atoms with van der Waals surface area (Å²) in [6.07, 6.45) is 5.71. The SMILES string of the molecule is CCNC(=NCc1ccnc(N2CCCCC2)c1)NCc1ccccc1Cl.I. The highest BCUT2D eigenvalue weighted by molar-refractivity contribution is 14.0. The van der Waals surface area contributed by atoms with Crippen LogP contribution in [-0.2, 0) is 13.1 Å². The zero-order chi connectivity index (χ0) is 18.9. The van der Waals surface area contributed by atoms with Crippen LogP contribution in [0.3, 0.4) is 0 Å². The van der Waals surface area contributed by atoms with Crippen LogP contribution in [0.25, 0.3) is 0 Å². The van der Waals surface area contributed by atoms with Gasteiger partial charge in [0.2, 0.25) is 0 Å². The van der Waals surface area contributed by atoms with E-state index in [0.29, 0.717) is 13.1 Å². The number of pyridine rings is 1. The van der Waals surface area contributed by atoms with Crippen LogP contribution < -0.4 is 15.5 Å². The minimum Gasteiger partial charge on any atom is -0.357 e. The van der Waals surface area contributed by atoms with Gasteiger partial charge in [-0.25, -0.2) is 9.98 Å². The molecule has 5 nitrogen and oxygen atoms in total. The summed E-state index contributed by atoms with van der Waals surface area (Å²) in [4.78, 5) is 11.6. The molecule has 3 rings (SSSR count). The van der Waals surface area contributed by atoms with E-state index in [9.17, 15) is 0 Å². The number of nitrogens with zero attached hydrogens (tertiary/aromatic N) is 3. The maximum Gasteiger partial charge on any atom is 0.191 e. The number of piperidine rings is 1. The number of guanidine groups is 1. The van der Waals surface area contributed by atoms with E-state index < -0.39 is 0 Å². The van der Waals surface area contributed by atoms with Gasteiger partial charge in [-0.15, -0.1) is 24.0 Å². The van der Waals surface area contributed by atoms with Crippen molar-refractivity contribution in [3.05, 3.63) is 58.7 Å². The largest absolute Gasteiger partial charge is 0.357 e. The zero-order valence-electron chi connectivity index (χ0n) is 16.3. The van der Waals surface area contributed by atoms with E-state index in [-0.39, 0.29) is 24.0 Å². The van der Waals surface area contributed by atoms with E-state index in [1.807, 2.05) is 36.5 Å². The van der Waals surface area contributed by atoms with Crippen LogP contribution in [0.5, 0.6) is 0 Å². The first kappa shape index (κ1) is 22.7. The third-order valence-electron chi connectivity index (χ3n) is 4.66. The third-order valence-corrected chi connectivity index (χ3v) is 5.03. The first-order chi connectivity index (χ1) is 13.3. The van der Waals surface area contributed by atoms with Crippen LogP contribution >= 0.6 is 35.6 Å². The Hall–Kier alpha value is -1.54. The van der Waals surface area contributed by atoms with Crippen molar-refractivity contribution in [3.63, 3.8) is 0 Å². The van der Waals surface area contributed by atoms with Crippen LogP contribution in [0.15, 0.2) is 47.6 Å². The molecular formula is C21H29ClIN5. The Bertz CT molecular complexity index is 762. The highest BCUT2D eigenvalue weighted by Gasteiger charge is 2.12. The van der Waals surface area contributed by atoms with Crippen LogP contribution in [-0.4, -0.2) is 30.6 Å². The van der Waals surface area contributed by atoms with Crippen molar-refractivity contribution < 1.29 is 0 Å². The number of nitrogens with one attached hydrogen (secondary N) is 2. The monoisotopic (exact) mass is 513 g/mol. The van der Waals surface area contributed by atoms with Gasteiger partial charge in [-0.05, 0) is 55.5 Å². The second-order valence-corrected chi connectivity index (χ2v) is 7.12. The average molecular weight is 514 g/mol. The predicted octanol–water partition coefficient (Wildman–Crippen LogP) is 4.60. The fourth-order valence-corrected chi connectivity index (χ4v) is 3.39. The summed E-state index contributed by atoms with van der Waals surface area (Å²) in [5.74, 6) is 1.85. The molecule has 152 valence electrons. The van der Waals surface area contributed by atoms with Gasteiger partial charge in [0.1, 0.15) is 5.82 Å². The fraction of sp³-hybridized carbons (Fsp3) is 0.429. The minimum atomic E-state index is 0. The Balaban J connectivity index is 0.00000280. The Morgan fingerprint density at radius 1 is 1.14 bits per heavy atom. The number of aromatic nitrogens is 1. The van der Waals surface area contributed by atoms with E-state index in [2.05, 4.69) is 33.5 Å². The molecule has 0 spiro atoms. The fourth-order valence-electron chi connectivity index (χ4n) is 3.19. The maximum absolute atomic E-state index is 6.24. The zero-order valence-corrected chi connectivity index (χ0v) is 19.4.